The Labute approximate surface area is 192 Å². The lowest BCUT2D eigenvalue weighted by Gasteiger charge is -2.33. The summed E-state index contributed by atoms with van der Waals surface area (Å²) in [5, 5.41) is 12.9. The van der Waals surface area contributed by atoms with Gasteiger partial charge >= 0.3 is 6.03 Å². The van der Waals surface area contributed by atoms with E-state index in [0.29, 0.717) is 36.6 Å². The molecular weight excluding hydrogens is 416 g/mol. The van der Waals surface area contributed by atoms with Gasteiger partial charge in [0.25, 0.3) is 5.91 Å². The predicted molar refractivity (Wildman–Crippen MR) is 124 cm³/mol. The standard InChI is InChI=1S/C25H26N6O2/c1-18-9-11-25(12-10-18)23(32)31(24(33)28-25)27-15-21-17-30(16-19-6-3-2-4-7-19)29-22(21)20-8-5-13-26-14-20/h2-8,13-15,17-18H,9-12,16H2,1H3,(H,28,33)/b27-15+. The number of nitrogens with one attached hydrogen (secondary N) is 1. The van der Waals surface area contributed by atoms with Crippen molar-refractivity contribution in [1.29, 1.82) is 0 Å². The first-order chi connectivity index (χ1) is 16.0. The molecule has 0 radical (unpaired) electrons. The van der Waals surface area contributed by atoms with Crippen molar-refractivity contribution in [2.75, 3.05) is 0 Å². The average Bonchev–Trinajstić information content (AvgIpc) is 3.34. The van der Waals surface area contributed by atoms with Gasteiger partial charge in [-0.25, -0.2) is 4.79 Å². The number of carbonyl (C=O) groups excluding carboxylic acids is 2. The maximum Gasteiger partial charge on any atom is 0.346 e. The van der Waals surface area contributed by atoms with Crippen LogP contribution >= 0.6 is 0 Å². The summed E-state index contributed by atoms with van der Waals surface area (Å²) in [6, 6.07) is 13.3. The number of imide groups is 1. The molecule has 2 aromatic heterocycles. The van der Waals surface area contributed by atoms with Crippen LogP contribution in [0.2, 0.25) is 0 Å². The van der Waals surface area contributed by atoms with E-state index in [2.05, 4.69) is 22.3 Å². The molecule has 8 heteroatoms. The summed E-state index contributed by atoms with van der Waals surface area (Å²) in [5.41, 5.74) is 2.53. The van der Waals surface area contributed by atoms with Gasteiger partial charge in [-0.05, 0) is 49.3 Å². The van der Waals surface area contributed by atoms with Crippen LogP contribution < -0.4 is 5.32 Å². The monoisotopic (exact) mass is 442 g/mol. The number of rotatable bonds is 5. The van der Waals surface area contributed by atoms with Crippen LogP contribution in [0.25, 0.3) is 11.3 Å². The second-order valence-corrected chi connectivity index (χ2v) is 8.91. The first-order valence-corrected chi connectivity index (χ1v) is 11.3. The average molecular weight is 443 g/mol. The zero-order valence-corrected chi connectivity index (χ0v) is 18.5. The fourth-order valence-electron chi connectivity index (χ4n) is 4.53. The van der Waals surface area contributed by atoms with E-state index >= 15 is 0 Å². The molecule has 1 aliphatic heterocycles. The zero-order chi connectivity index (χ0) is 22.8. The molecule has 1 N–H and O–H groups in total. The predicted octanol–water partition coefficient (Wildman–Crippen LogP) is 3.83. The normalized spacial score (nSPS) is 22.9. The Morgan fingerprint density at radius 2 is 1.94 bits per heavy atom. The molecule has 5 rings (SSSR count). The zero-order valence-electron chi connectivity index (χ0n) is 18.5. The number of hydrogen-bond donors (Lipinski definition) is 1. The van der Waals surface area contributed by atoms with Crippen LogP contribution in [0.4, 0.5) is 4.79 Å². The van der Waals surface area contributed by atoms with Gasteiger partial charge in [0.2, 0.25) is 0 Å². The molecule has 0 atom stereocenters. The van der Waals surface area contributed by atoms with Gasteiger partial charge in [0.1, 0.15) is 11.2 Å². The van der Waals surface area contributed by atoms with Gasteiger partial charge in [0, 0.05) is 29.7 Å². The van der Waals surface area contributed by atoms with Crippen molar-refractivity contribution in [3.05, 3.63) is 72.2 Å². The number of pyridine rings is 1. The molecule has 3 amide bonds. The van der Waals surface area contributed by atoms with Gasteiger partial charge in [-0.15, -0.1) is 5.01 Å². The molecular formula is C25H26N6O2. The van der Waals surface area contributed by atoms with Gasteiger partial charge in [-0.1, -0.05) is 37.3 Å². The largest absolute Gasteiger partial charge is 0.346 e. The maximum atomic E-state index is 13.1. The van der Waals surface area contributed by atoms with E-state index in [0.717, 1.165) is 29.0 Å². The summed E-state index contributed by atoms with van der Waals surface area (Å²) in [7, 11) is 0. The lowest BCUT2D eigenvalue weighted by Crippen LogP contribution is -2.49. The third-order valence-electron chi connectivity index (χ3n) is 6.49. The molecule has 2 aliphatic rings. The van der Waals surface area contributed by atoms with E-state index in [1.807, 2.05) is 53.3 Å². The molecule has 1 saturated carbocycles. The van der Waals surface area contributed by atoms with Crippen LogP contribution in [-0.4, -0.2) is 43.5 Å². The number of hydrogen-bond acceptors (Lipinski definition) is 5. The van der Waals surface area contributed by atoms with Gasteiger partial charge in [-0.3, -0.25) is 14.5 Å². The minimum Gasteiger partial charge on any atom is -0.321 e. The number of carbonyl (C=O) groups is 2. The number of aromatic nitrogens is 3. The summed E-state index contributed by atoms with van der Waals surface area (Å²) in [6.07, 6.45) is 9.99. The fraction of sp³-hybridized carbons (Fsp3) is 0.320. The van der Waals surface area contributed by atoms with Gasteiger partial charge < -0.3 is 5.32 Å². The highest BCUT2D eigenvalue weighted by Gasteiger charge is 2.52. The van der Waals surface area contributed by atoms with E-state index in [9.17, 15) is 9.59 Å². The number of nitrogens with zero attached hydrogens (tertiary/aromatic N) is 5. The molecule has 168 valence electrons. The first kappa shape index (κ1) is 21.1. The Bertz CT molecular complexity index is 1180. The fourth-order valence-corrected chi connectivity index (χ4v) is 4.53. The molecule has 1 spiro atoms. The van der Waals surface area contributed by atoms with Crippen LogP contribution in [-0.2, 0) is 11.3 Å². The van der Waals surface area contributed by atoms with Crippen LogP contribution in [0.15, 0.2) is 66.2 Å². The number of benzene rings is 1. The molecule has 1 aromatic carbocycles. The summed E-state index contributed by atoms with van der Waals surface area (Å²) < 4.78 is 1.83. The molecule has 0 bridgehead atoms. The van der Waals surface area contributed by atoms with E-state index < -0.39 is 11.6 Å². The molecule has 1 aliphatic carbocycles. The lowest BCUT2D eigenvalue weighted by molar-refractivity contribution is -0.132. The lowest BCUT2D eigenvalue weighted by atomic mass is 9.77. The second kappa shape index (κ2) is 8.61. The summed E-state index contributed by atoms with van der Waals surface area (Å²) in [4.78, 5) is 29.9. The van der Waals surface area contributed by atoms with Crippen molar-refractivity contribution in [2.45, 2.75) is 44.7 Å². The molecule has 3 aromatic rings. The van der Waals surface area contributed by atoms with E-state index in [4.69, 9.17) is 5.10 Å². The highest BCUT2D eigenvalue weighted by molar-refractivity contribution is 6.07. The Balaban J connectivity index is 1.43. The SMILES string of the molecule is CC1CCC2(CC1)NC(=O)N(/N=C/c1cn(Cc3ccccc3)nc1-c1cccnc1)C2=O. The third kappa shape index (κ3) is 4.16. The van der Waals surface area contributed by atoms with Crippen molar-refractivity contribution >= 4 is 18.2 Å². The summed E-state index contributed by atoms with van der Waals surface area (Å²) in [6.45, 7) is 2.77. The second-order valence-electron chi connectivity index (χ2n) is 8.91. The van der Waals surface area contributed by atoms with E-state index in [-0.39, 0.29) is 5.91 Å². The highest BCUT2D eigenvalue weighted by Crippen LogP contribution is 2.36. The van der Waals surface area contributed by atoms with Crippen molar-refractivity contribution in [3.8, 4) is 11.3 Å². The summed E-state index contributed by atoms with van der Waals surface area (Å²) in [5.74, 6) is 0.297. The van der Waals surface area contributed by atoms with Gasteiger partial charge in [-0.2, -0.15) is 10.2 Å². The van der Waals surface area contributed by atoms with Crippen LogP contribution in [0.5, 0.6) is 0 Å². The Morgan fingerprint density at radius 3 is 2.67 bits per heavy atom. The molecule has 1 saturated heterocycles. The Morgan fingerprint density at radius 1 is 1.15 bits per heavy atom. The smallest absolute Gasteiger partial charge is 0.321 e. The number of hydrazone groups is 1. The molecule has 2 fully saturated rings. The Hall–Kier alpha value is -3.81. The molecule has 33 heavy (non-hydrogen) atoms. The maximum absolute atomic E-state index is 13.1. The highest BCUT2D eigenvalue weighted by atomic mass is 16.2. The minimum atomic E-state index is -0.815. The molecule has 3 heterocycles. The minimum absolute atomic E-state index is 0.268. The summed E-state index contributed by atoms with van der Waals surface area (Å²) >= 11 is 0. The van der Waals surface area contributed by atoms with Crippen LogP contribution in [0.3, 0.4) is 0 Å². The number of urea groups is 1. The van der Waals surface area contributed by atoms with E-state index in [1.165, 1.54) is 0 Å². The van der Waals surface area contributed by atoms with Crippen molar-refractivity contribution < 1.29 is 9.59 Å². The van der Waals surface area contributed by atoms with Gasteiger partial charge in [0.15, 0.2) is 0 Å². The van der Waals surface area contributed by atoms with Crippen molar-refractivity contribution in [1.82, 2.24) is 25.1 Å². The molecule has 0 unspecified atom stereocenters. The number of amides is 3. The van der Waals surface area contributed by atoms with E-state index in [1.54, 1.807) is 18.6 Å². The topological polar surface area (TPSA) is 92.5 Å². The third-order valence-corrected chi connectivity index (χ3v) is 6.49. The Kier molecular flexibility index (Phi) is 5.50. The van der Waals surface area contributed by atoms with Crippen molar-refractivity contribution in [2.24, 2.45) is 11.0 Å². The molecule has 8 nitrogen and oxygen atoms in total. The van der Waals surface area contributed by atoms with Crippen LogP contribution in [0, 0.1) is 5.92 Å². The quantitative estimate of drug-likeness (QED) is 0.480. The van der Waals surface area contributed by atoms with Gasteiger partial charge in [0.05, 0.1) is 12.8 Å². The van der Waals surface area contributed by atoms with Crippen LogP contribution in [0.1, 0.15) is 43.7 Å². The van der Waals surface area contributed by atoms with Crippen molar-refractivity contribution in [3.63, 3.8) is 0 Å². The first-order valence-electron chi connectivity index (χ1n) is 11.3.